The topological polar surface area (TPSA) is 0 Å². The monoisotopic (exact) mass is 462 g/mol. The Morgan fingerprint density at radius 3 is 2.12 bits per heavy atom. The molecule has 0 bridgehead atoms. The van der Waals surface area contributed by atoms with E-state index in [1.165, 1.54) is 62.5 Å². The normalized spacial score (nSPS) is 18.5. The highest BCUT2D eigenvalue weighted by Gasteiger charge is 2.22. The van der Waals surface area contributed by atoms with Gasteiger partial charge in [0.1, 0.15) is 0 Å². The van der Waals surface area contributed by atoms with Crippen LogP contribution in [0.4, 0.5) is 8.78 Å². The predicted molar refractivity (Wildman–Crippen MR) is 141 cm³/mol. The fraction of sp³-hybridized carbons (Fsp3) is 0.500. The Labute approximate surface area is 204 Å². The standard InChI is InChI=1S/C32H40F2/c1-3-5-6-8-23-11-16-26(17-12-23)27-18-13-24(14-19-27)9-10-25-15-20-28-22-29(7-4-2)31(33)32(34)30(28)21-25/h13-15,18-23,26H,3-12,16-17H2,1-2H3. The van der Waals surface area contributed by atoms with Crippen molar-refractivity contribution in [1.29, 1.82) is 0 Å². The van der Waals surface area contributed by atoms with Crippen molar-refractivity contribution in [3.8, 4) is 0 Å². The highest BCUT2D eigenvalue weighted by atomic mass is 19.2. The van der Waals surface area contributed by atoms with E-state index in [4.69, 9.17) is 0 Å². The number of aryl methyl sites for hydroxylation is 3. The minimum atomic E-state index is -0.702. The molecule has 0 heterocycles. The molecular weight excluding hydrogens is 422 g/mol. The van der Waals surface area contributed by atoms with E-state index in [0.717, 1.165) is 36.1 Å². The average molecular weight is 463 g/mol. The van der Waals surface area contributed by atoms with Crippen molar-refractivity contribution in [2.24, 2.45) is 5.92 Å². The summed E-state index contributed by atoms with van der Waals surface area (Å²) in [6.07, 6.45) is 14.1. The lowest BCUT2D eigenvalue weighted by atomic mass is 9.77. The van der Waals surface area contributed by atoms with Crippen molar-refractivity contribution in [3.63, 3.8) is 0 Å². The minimum Gasteiger partial charge on any atom is -0.203 e. The summed E-state index contributed by atoms with van der Waals surface area (Å²) in [5.74, 6) is 0.275. The molecule has 1 aliphatic rings. The quantitative estimate of drug-likeness (QED) is 0.263. The number of hydrogen-bond donors (Lipinski definition) is 0. The number of benzene rings is 3. The summed E-state index contributed by atoms with van der Waals surface area (Å²) in [5, 5.41) is 1.19. The summed E-state index contributed by atoms with van der Waals surface area (Å²) in [5.41, 5.74) is 4.33. The van der Waals surface area contributed by atoms with Gasteiger partial charge in [-0.1, -0.05) is 82.3 Å². The number of hydrogen-bond acceptors (Lipinski definition) is 0. The molecule has 1 aliphatic carbocycles. The number of halogens is 2. The Morgan fingerprint density at radius 2 is 1.41 bits per heavy atom. The molecule has 0 spiro atoms. The van der Waals surface area contributed by atoms with Crippen molar-refractivity contribution in [2.75, 3.05) is 0 Å². The summed E-state index contributed by atoms with van der Waals surface area (Å²) < 4.78 is 29.1. The molecule has 2 heteroatoms. The lowest BCUT2D eigenvalue weighted by molar-refractivity contribution is 0.303. The Balaban J connectivity index is 1.33. The number of unbranched alkanes of at least 4 members (excludes halogenated alkanes) is 2. The molecule has 3 aromatic carbocycles. The average Bonchev–Trinajstić information content (AvgIpc) is 2.87. The molecule has 3 aromatic rings. The van der Waals surface area contributed by atoms with Gasteiger partial charge in [-0.2, -0.15) is 0 Å². The van der Waals surface area contributed by atoms with E-state index in [0.29, 0.717) is 23.3 Å². The second kappa shape index (κ2) is 12.0. The lowest BCUT2D eigenvalue weighted by Gasteiger charge is -2.29. The van der Waals surface area contributed by atoms with E-state index in [9.17, 15) is 8.78 Å². The van der Waals surface area contributed by atoms with Gasteiger partial charge in [-0.15, -0.1) is 0 Å². The molecule has 182 valence electrons. The van der Waals surface area contributed by atoms with E-state index >= 15 is 0 Å². The zero-order valence-corrected chi connectivity index (χ0v) is 21.0. The van der Waals surface area contributed by atoms with E-state index < -0.39 is 11.6 Å². The van der Waals surface area contributed by atoms with Gasteiger partial charge in [-0.3, -0.25) is 0 Å². The molecule has 0 saturated heterocycles. The Bertz CT molecular complexity index is 1060. The van der Waals surface area contributed by atoms with Gasteiger partial charge in [-0.05, 0) is 96.6 Å². The molecular formula is C32H40F2. The highest BCUT2D eigenvalue weighted by Crippen LogP contribution is 2.38. The Hall–Kier alpha value is -2.22. The zero-order chi connectivity index (χ0) is 23.9. The molecule has 0 aliphatic heterocycles. The van der Waals surface area contributed by atoms with E-state index in [1.54, 1.807) is 6.07 Å². The summed E-state index contributed by atoms with van der Waals surface area (Å²) in [6, 6.07) is 16.8. The van der Waals surface area contributed by atoms with Gasteiger partial charge >= 0.3 is 0 Å². The van der Waals surface area contributed by atoms with Crippen LogP contribution in [-0.4, -0.2) is 0 Å². The minimum absolute atomic E-state index is 0.399. The van der Waals surface area contributed by atoms with Crippen LogP contribution in [0.5, 0.6) is 0 Å². The van der Waals surface area contributed by atoms with Crippen molar-refractivity contribution >= 4 is 10.8 Å². The van der Waals surface area contributed by atoms with Crippen LogP contribution in [0.25, 0.3) is 10.8 Å². The summed E-state index contributed by atoms with van der Waals surface area (Å²) in [7, 11) is 0. The molecule has 1 fully saturated rings. The van der Waals surface area contributed by atoms with Crippen LogP contribution < -0.4 is 0 Å². The first-order valence-electron chi connectivity index (χ1n) is 13.6. The third kappa shape index (κ3) is 6.06. The molecule has 0 aromatic heterocycles. The van der Waals surface area contributed by atoms with Gasteiger partial charge in [-0.25, -0.2) is 8.78 Å². The first kappa shape index (κ1) is 24.9. The largest absolute Gasteiger partial charge is 0.203 e. The molecule has 0 atom stereocenters. The van der Waals surface area contributed by atoms with Crippen LogP contribution in [0.3, 0.4) is 0 Å². The van der Waals surface area contributed by atoms with Gasteiger partial charge in [0.05, 0.1) is 0 Å². The fourth-order valence-corrected chi connectivity index (χ4v) is 5.75. The first-order valence-corrected chi connectivity index (χ1v) is 13.6. The maximum Gasteiger partial charge on any atom is 0.166 e. The highest BCUT2D eigenvalue weighted by molar-refractivity contribution is 5.84. The maximum atomic E-state index is 14.7. The predicted octanol–water partition coefficient (Wildman–Crippen LogP) is 9.71. The first-order chi connectivity index (χ1) is 16.6. The molecule has 0 N–H and O–H groups in total. The van der Waals surface area contributed by atoms with E-state index in [-0.39, 0.29) is 0 Å². The summed E-state index contributed by atoms with van der Waals surface area (Å²) in [6.45, 7) is 4.27. The smallest absolute Gasteiger partial charge is 0.166 e. The fourth-order valence-electron chi connectivity index (χ4n) is 5.75. The Morgan fingerprint density at radius 1 is 0.706 bits per heavy atom. The van der Waals surface area contributed by atoms with Crippen LogP contribution in [0.2, 0.25) is 0 Å². The number of rotatable bonds is 10. The van der Waals surface area contributed by atoms with Gasteiger partial charge < -0.3 is 0 Å². The lowest BCUT2D eigenvalue weighted by Crippen LogP contribution is -2.13. The second-order valence-electron chi connectivity index (χ2n) is 10.4. The second-order valence-corrected chi connectivity index (χ2v) is 10.4. The van der Waals surface area contributed by atoms with Crippen molar-refractivity contribution in [2.45, 2.75) is 96.8 Å². The van der Waals surface area contributed by atoms with Crippen molar-refractivity contribution in [1.82, 2.24) is 0 Å². The maximum absolute atomic E-state index is 14.7. The van der Waals surface area contributed by atoms with Crippen molar-refractivity contribution < 1.29 is 8.78 Å². The molecule has 4 rings (SSSR count). The molecule has 34 heavy (non-hydrogen) atoms. The zero-order valence-electron chi connectivity index (χ0n) is 21.0. The van der Waals surface area contributed by atoms with Crippen LogP contribution in [-0.2, 0) is 19.3 Å². The number of fused-ring (bicyclic) bond motifs is 1. The van der Waals surface area contributed by atoms with E-state index in [2.05, 4.69) is 37.3 Å². The van der Waals surface area contributed by atoms with Crippen molar-refractivity contribution in [3.05, 3.63) is 82.4 Å². The third-order valence-corrected chi connectivity index (χ3v) is 7.89. The van der Waals surface area contributed by atoms with Crippen LogP contribution in [0.15, 0.2) is 48.5 Å². The third-order valence-electron chi connectivity index (χ3n) is 7.89. The molecule has 0 radical (unpaired) electrons. The van der Waals surface area contributed by atoms with Gasteiger partial charge in [0.15, 0.2) is 11.6 Å². The van der Waals surface area contributed by atoms with Crippen LogP contribution in [0.1, 0.15) is 99.8 Å². The van der Waals surface area contributed by atoms with E-state index in [1.807, 2.05) is 19.1 Å². The van der Waals surface area contributed by atoms with Crippen LogP contribution in [0, 0.1) is 17.6 Å². The summed E-state index contributed by atoms with van der Waals surface area (Å²) in [4.78, 5) is 0. The SMILES string of the molecule is CCCCCC1CCC(c2ccc(CCc3ccc4cc(CCC)c(F)c(F)c4c3)cc2)CC1. The molecule has 1 saturated carbocycles. The Kier molecular flexibility index (Phi) is 8.75. The summed E-state index contributed by atoms with van der Waals surface area (Å²) >= 11 is 0. The van der Waals surface area contributed by atoms with Gasteiger partial charge in [0.2, 0.25) is 0 Å². The van der Waals surface area contributed by atoms with Gasteiger partial charge in [0, 0.05) is 5.39 Å². The molecule has 0 unspecified atom stereocenters. The van der Waals surface area contributed by atoms with Gasteiger partial charge in [0.25, 0.3) is 0 Å². The molecule has 0 amide bonds. The van der Waals surface area contributed by atoms with Crippen LogP contribution >= 0.6 is 0 Å². The molecule has 0 nitrogen and oxygen atoms in total.